The maximum absolute atomic E-state index is 14.3. The number of carbonyl (C=O) groups is 4. The van der Waals surface area contributed by atoms with Crippen molar-refractivity contribution in [1.82, 2.24) is 80.7 Å². The van der Waals surface area contributed by atoms with Gasteiger partial charge in [0, 0.05) is 108 Å². The van der Waals surface area contributed by atoms with Crippen LogP contribution >= 0.6 is 23.2 Å². The predicted octanol–water partition coefficient (Wildman–Crippen LogP) is 19.1. The molecule has 3 aliphatic carbocycles. The van der Waals surface area contributed by atoms with Gasteiger partial charge < -0.3 is 60.8 Å². The van der Waals surface area contributed by atoms with Crippen molar-refractivity contribution in [2.75, 3.05) is 86.3 Å². The molecule has 4 amide bonds. The Morgan fingerprint density at radius 3 is 0.904 bits per heavy atom. The highest BCUT2D eigenvalue weighted by atomic mass is 35.5. The number of sulfone groups is 4. The fourth-order valence-electron chi connectivity index (χ4n) is 21.0. The molecule has 12 heterocycles. The third kappa shape index (κ3) is 20.4. The summed E-state index contributed by atoms with van der Waals surface area (Å²) in [4.78, 5) is 95.5. The number of aromatic nitrogens is 8. The molecule has 8 aromatic carbocycles. The van der Waals surface area contributed by atoms with E-state index in [0.29, 0.717) is 112 Å². The lowest BCUT2D eigenvalue weighted by Gasteiger charge is -2.29. The molecule has 0 radical (unpaired) electrons. The molecule has 23 rings (SSSR count). The number of nitrogens with zero attached hydrogens (tertiary/aromatic N) is 8. The summed E-state index contributed by atoms with van der Waals surface area (Å²) in [6, 6.07) is 44.9. The predicted molar refractivity (Wildman–Crippen MR) is 575 cm³/mol. The van der Waals surface area contributed by atoms with Gasteiger partial charge in [-0.1, -0.05) is 78.7 Å². The van der Waals surface area contributed by atoms with Gasteiger partial charge in [0.1, 0.15) is 28.4 Å². The van der Waals surface area contributed by atoms with E-state index in [1.165, 1.54) is 6.07 Å². The molecule has 146 heavy (non-hydrogen) atoms. The Kier molecular flexibility index (Phi) is 28.1. The van der Waals surface area contributed by atoms with Gasteiger partial charge in [0.2, 0.25) is 0 Å². The number of pyridine rings is 4. The van der Waals surface area contributed by atoms with Crippen LogP contribution in [0.25, 0.3) is 132 Å². The third-order valence-corrected chi connectivity index (χ3v) is 39.1. The van der Waals surface area contributed by atoms with E-state index in [-0.39, 0.29) is 79.1 Å². The minimum absolute atomic E-state index is 0.0105. The van der Waals surface area contributed by atoms with Crippen molar-refractivity contribution >= 4 is 174 Å². The van der Waals surface area contributed by atoms with E-state index in [9.17, 15) is 57.2 Å². The molecule has 16 aromatic rings. The van der Waals surface area contributed by atoms with Gasteiger partial charge in [-0.2, -0.15) is 0 Å². The minimum Gasteiger partial charge on any atom is -0.349 e. The minimum atomic E-state index is -3.41. The smallest absolute Gasteiger partial charge is 0.251 e. The molecule has 8 N–H and O–H groups in total. The van der Waals surface area contributed by atoms with Crippen LogP contribution < -0.4 is 21.3 Å². The summed E-state index contributed by atoms with van der Waals surface area (Å²) < 4.78 is 118. The number of piperidine rings is 4. The highest BCUT2D eigenvalue weighted by Crippen LogP contribution is 2.47. The zero-order valence-corrected chi connectivity index (χ0v) is 87.6. The van der Waals surface area contributed by atoms with Crippen LogP contribution in [-0.4, -0.2) is 243 Å². The molecular weight excluding hydrogens is 1970 g/mol. The van der Waals surface area contributed by atoms with E-state index in [1.807, 2.05) is 100 Å². The topological polar surface area (TPSA) is 381 Å². The van der Waals surface area contributed by atoms with E-state index >= 15 is 0 Å². The lowest BCUT2D eigenvalue weighted by Crippen LogP contribution is -2.43. The average molecular weight is 2090 g/mol. The summed E-state index contributed by atoms with van der Waals surface area (Å²) in [7, 11) is -5.16. The van der Waals surface area contributed by atoms with Crippen LogP contribution in [0.5, 0.6) is 0 Å². The lowest BCUT2D eigenvalue weighted by molar-refractivity contribution is 0.0908. The van der Waals surface area contributed by atoms with E-state index < -0.39 is 45.2 Å². The Bertz CT molecular complexity index is 8190. The van der Waals surface area contributed by atoms with Gasteiger partial charge in [-0.05, 0) is 368 Å². The van der Waals surface area contributed by atoms with E-state index in [1.54, 1.807) is 98.3 Å². The number of carbonyl (C=O) groups excluding carboxylic acids is 4. The summed E-state index contributed by atoms with van der Waals surface area (Å²) in [5, 5.41) is 19.6. The molecule has 0 spiro atoms. The lowest BCUT2D eigenvalue weighted by atomic mass is 9.93. The largest absolute Gasteiger partial charge is 0.349 e. The number of nitrogens with one attached hydrogen (secondary N) is 8. The van der Waals surface area contributed by atoms with E-state index in [0.717, 1.165) is 233 Å². The Balaban J connectivity index is 0.000000118. The first-order valence-corrected chi connectivity index (χ1v) is 57.0. The first-order chi connectivity index (χ1) is 69.9. The average Bonchev–Trinajstić information content (AvgIpc) is 1.60. The van der Waals surface area contributed by atoms with Crippen LogP contribution in [0.2, 0.25) is 10.0 Å². The van der Waals surface area contributed by atoms with Crippen LogP contribution in [0.15, 0.2) is 196 Å². The molecule has 28 nitrogen and oxygen atoms in total. The van der Waals surface area contributed by atoms with Crippen molar-refractivity contribution in [3.8, 4) is 44.5 Å². The zero-order chi connectivity index (χ0) is 102. The molecule has 0 bridgehead atoms. The van der Waals surface area contributed by atoms with Crippen LogP contribution in [0.3, 0.4) is 0 Å². The number of amides is 4. The maximum Gasteiger partial charge on any atom is 0.251 e. The Morgan fingerprint density at radius 1 is 0.342 bits per heavy atom. The number of aryl methyl sites for hydroxylation is 4. The number of rotatable bonds is 20. The van der Waals surface area contributed by atoms with Crippen molar-refractivity contribution in [3.05, 3.63) is 237 Å². The fraction of sp³-hybridized carbons (Fsp3) is 0.351. The molecule has 8 aromatic heterocycles. The normalized spacial score (nSPS) is 17.0. The van der Waals surface area contributed by atoms with Gasteiger partial charge in [-0.15, -0.1) is 0 Å². The molecule has 4 saturated heterocycles. The van der Waals surface area contributed by atoms with Gasteiger partial charge in [0.15, 0.2) is 39.3 Å². The van der Waals surface area contributed by atoms with Crippen molar-refractivity contribution < 1.29 is 57.2 Å². The first kappa shape index (κ1) is 101. The van der Waals surface area contributed by atoms with Crippen LogP contribution in [0, 0.1) is 33.5 Å². The van der Waals surface area contributed by atoms with Gasteiger partial charge in [-0.25, -0.2) is 58.0 Å². The van der Waals surface area contributed by atoms with Crippen molar-refractivity contribution in [2.24, 2.45) is 0 Å². The third-order valence-electron chi connectivity index (χ3n) is 30.2. The van der Waals surface area contributed by atoms with Crippen molar-refractivity contribution in [3.63, 3.8) is 0 Å². The highest BCUT2D eigenvalue weighted by Gasteiger charge is 2.41. The van der Waals surface area contributed by atoms with Crippen molar-refractivity contribution in [2.45, 2.75) is 184 Å². The SMILES string of the molecule is CCS(=O)(=O)c1cccc(-c2cc(C(=O)NC3CCN(C)CC3)c(C)c3[nH]c4ncc(Cl)cc4c23)c1.Cc1c(C(=O)NC2CCN(C)CC2)cc(-c2cccc(S(=O)(=O)C3CC3)c2)c2c1[nH]c1ncc(Cl)cc12.Cc1c(C(=O)NC2CCN(C)CC2)cc(-c2cccc(S(=O)(=O)C3CC3)c2)c2c1[nH]c1ncc(F)cc12.Cc1c(C(=O)NC2CCN(C)CC2)cc(-c2cccc(S(=O)(=O)C3CC3)c2)c2c1[nH]c1ncccc12. The summed E-state index contributed by atoms with van der Waals surface area (Å²) >= 11 is 12.6. The number of likely N-dealkylation sites (tertiary alicyclic amines) is 4. The van der Waals surface area contributed by atoms with Crippen LogP contribution in [0.4, 0.5) is 4.39 Å². The van der Waals surface area contributed by atoms with E-state index in [2.05, 4.69) is 109 Å². The fourth-order valence-corrected chi connectivity index (χ4v) is 27.4. The number of benzene rings is 8. The van der Waals surface area contributed by atoms with Crippen LogP contribution in [-0.2, 0) is 39.3 Å². The molecule has 7 fully saturated rings. The second kappa shape index (κ2) is 40.7. The standard InChI is InChI=1S/C28H29ClN4O3S.C28H29FN4O3S.C28H30N4O3S.C27H29ClN4O3S/c2*1-16-22(28(34)31-19-8-10-33(2)11-9-19)14-23(25-24-13-18(29)15-30-27(24)32-26(16)25)17-4-3-5-21(12-17)37(35,36)20-6-7-20;1-17-23(28(33)30-19-10-13-32(2)14-11-19)16-24(25-22-7-4-12-29-27(22)31-26(17)25)18-5-3-6-21(15-18)36(34,35)20-8-9-20;1-4-36(34,35)20-7-5-6-17(12-20)22-14-21(27(33)30-19-8-10-32(3)11-9-19)16(2)25-24(22)23-13-18(28)15-29-26(23)31-25/h2*3-5,12-15,19-20H,6-11H2,1-2H3,(H,30,32)(H,31,34);3-7,12,15-16,19-20H,8-11,13-14H2,1-2H3,(H,29,31)(H,30,33);5-7,12-15,19H,4,8-11H2,1-3H3,(H,29,31)(H,30,33). The molecule has 35 heteroatoms. The monoisotopic (exact) mass is 2080 g/mol. The quantitative estimate of drug-likeness (QED) is 0.0351. The first-order valence-electron chi connectivity index (χ1n) is 50.0. The Labute approximate surface area is 857 Å². The number of aromatic amines is 4. The van der Waals surface area contributed by atoms with Gasteiger partial charge in [0.25, 0.3) is 23.6 Å². The summed E-state index contributed by atoms with van der Waals surface area (Å²) in [5.74, 6) is -0.982. The van der Waals surface area contributed by atoms with Gasteiger partial charge in [0.05, 0.1) is 79.4 Å². The number of hydrogen-bond donors (Lipinski definition) is 8. The summed E-state index contributed by atoms with van der Waals surface area (Å²) in [6.45, 7) is 16.9. The number of hydrogen-bond acceptors (Lipinski definition) is 20. The Hall–Kier alpha value is -12.4. The van der Waals surface area contributed by atoms with E-state index in [4.69, 9.17) is 23.2 Å². The molecule has 3 saturated carbocycles. The number of H-pyrrole nitrogens is 4. The second-order valence-electron chi connectivity index (χ2n) is 40.4. The van der Waals surface area contributed by atoms with Gasteiger partial charge >= 0.3 is 0 Å². The van der Waals surface area contributed by atoms with Crippen molar-refractivity contribution in [1.29, 1.82) is 0 Å². The molecule has 0 unspecified atom stereocenters. The van der Waals surface area contributed by atoms with Crippen LogP contribution in [0.1, 0.15) is 161 Å². The zero-order valence-electron chi connectivity index (χ0n) is 82.8. The van der Waals surface area contributed by atoms with Gasteiger partial charge in [-0.3, -0.25) is 19.2 Å². The number of fused-ring (bicyclic) bond motifs is 12. The molecule has 0 atom stereocenters. The summed E-state index contributed by atoms with van der Waals surface area (Å²) in [5.41, 5.74) is 17.1. The highest BCUT2D eigenvalue weighted by molar-refractivity contribution is 7.93. The molecular formula is C111H117Cl2FN16O12S4. The summed E-state index contributed by atoms with van der Waals surface area (Å²) in [6.07, 6.45) is 17.5. The number of halogens is 3. The Morgan fingerprint density at radius 2 is 0.610 bits per heavy atom. The molecule has 758 valence electrons. The second-order valence-corrected chi connectivity index (χ2v) is 50.2. The molecule has 7 aliphatic rings. The molecule has 4 aliphatic heterocycles. The maximum atomic E-state index is 14.3.